The van der Waals surface area contributed by atoms with E-state index in [2.05, 4.69) is 0 Å². The normalized spacial score (nSPS) is 18.6. The van der Waals surface area contributed by atoms with Crippen LogP contribution >= 0.6 is 0 Å². The number of amides is 1. The number of nitrogens with zero attached hydrogens (tertiary/aromatic N) is 1. The average molecular weight is 391 g/mol. The highest BCUT2D eigenvalue weighted by Gasteiger charge is 2.35. The lowest BCUT2D eigenvalue weighted by molar-refractivity contribution is 0.0665. The molecule has 1 aromatic heterocycles. The van der Waals surface area contributed by atoms with Crippen molar-refractivity contribution in [2.75, 3.05) is 11.5 Å². The minimum Gasteiger partial charge on any atom is -0.491 e. The highest BCUT2D eigenvalue weighted by Crippen LogP contribution is 2.24. The van der Waals surface area contributed by atoms with Crippen molar-refractivity contribution in [1.29, 1.82) is 0 Å². The van der Waals surface area contributed by atoms with Crippen molar-refractivity contribution >= 4 is 15.7 Å². The van der Waals surface area contributed by atoms with Crippen LogP contribution in [0.25, 0.3) is 0 Å². The molecule has 3 rings (SSSR count). The van der Waals surface area contributed by atoms with Crippen molar-refractivity contribution in [2.45, 2.75) is 45.9 Å². The molecule has 0 unspecified atom stereocenters. The van der Waals surface area contributed by atoms with Gasteiger partial charge >= 0.3 is 0 Å². The molecular weight excluding hydrogens is 366 g/mol. The molecule has 0 radical (unpaired) electrons. The zero-order chi connectivity index (χ0) is 19.6. The van der Waals surface area contributed by atoms with E-state index in [-0.39, 0.29) is 36.1 Å². The van der Waals surface area contributed by atoms with Gasteiger partial charge in [-0.3, -0.25) is 4.79 Å². The van der Waals surface area contributed by atoms with E-state index in [1.54, 1.807) is 29.2 Å². The Bertz CT molecular complexity index is 899. The Morgan fingerprint density at radius 3 is 2.44 bits per heavy atom. The third-order valence-electron chi connectivity index (χ3n) is 4.51. The molecule has 0 bridgehead atoms. The van der Waals surface area contributed by atoms with E-state index in [1.807, 2.05) is 32.9 Å². The minimum absolute atomic E-state index is 0.00697. The fourth-order valence-electron chi connectivity index (χ4n) is 3.24. The summed E-state index contributed by atoms with van der Waals surface area (Å²) in [7, 11) is -3.11. The number of hydrogen-bond acceptors (Lipinski definition) is 5. The van der Waals surface area contributed by atoms with Crippen molar-refractivity contribution in [3.63, 3.8) is 0 Å². The fourth-order valence-corrected chi connectivity index (χ4v) is 4.97. The number of carbonyl (C=O) groups excluding carboxylic acids is 1. The van der Waals surface area contributed by atoms with Crippen LogP contribution in [0.1, 0.15) is 42.1 Å². The lowest BCUT2D eigenvalue weighted by atomic mass is 10.1. The van der Waals surface area contributed by atoms with Gasteiger partial charge in [0.15, 0.2) is 9.84 Å². The molecule has 1 aromatic carbocycles. The second-order valence-corrected chi connectivity index (χ2v) is 9.42. The van der Waals surface area contributed by atoms with Gasteiger partial charge in [-0.15, -0.1) is 0 Å². The van der Waals surface area contributed by atoms with Crippen molar-refractivity contribution in [2.24, 2.45) is 0 Å². The molecule has 0 N–H and O–H groups in total. The van der Waals surface area contributed by atoms with Gasteiger partial charge < -0.3 is 14.1 Å². The number of hydrogen-bond donors (Lipinski definition) is 0. The van der Waals surface area contributed by atoms with Gasteiger partial charge in [0, 0.05) is 11.6 Å². The molecule has 1 amide bonds. The van der Waals surface area contributed by atoms with Gasteiger partial charge in [0.1, 0.15) is 17.3 Å². The predicted octanol–water partition coefficient (Wildman–Crippen LogP) is 3.20. The lowest BCUT2D eigenvalue weighted by Crippen LogP contribution is -2.40. The Kier molecular flexibility index (Phi) is 5.60. The Hall–Kier alpha value is -2.28. The molecule has 146 valence electrons. The summed E-state index contributed by atoms with van der Waals surface area (Å²) in [6.07, 6.45) is 0.497. The first-order valence-corrected chi connectivity index (χ1v) is 10.9. The topological polar surface area (TPSA) is 76.8 Å². The average Bonchev–Trinajstić information content (AvgIpc) is 3.17. The van der Waals surface area contributed by atoms with Gasteiger partial charge in [-0.2, -0.15) is 0 Å². The molecule has 0 aliphatic carbocycles. The summed E-state index contributed by atoms with van der Waals surface area (Å²) in [5, 5.41) is 0. The van der Waals surface area contributed by atoms with Crippen LogP contribution in [-0.4, -0.2) is 42.9 Å². The van der Waals surface area contributed by atoms with Crippen LogP contribution in [0.4, 0.5) is 0 Å². The number of carbonyl (C=O) groups is 1. The maximum absolute atomic E-state index is 13.1. The summed E-state index contributed by atoms with van der Waals surface area (Å²) >= 11 is 0. The molecule has 7 heteroatoms. The fraction of sp³-hybridized carbons (Fsp3) is 0.450. The van der Waals surface area contributed by atoms with E-state index in [4.69, 9.17) is 9.15 Å². The number of furan rings is 1. The number of rotatable bonds is 6. The Balaban J connectivity index is 1.83. The van der Waals surface area contributed by atoms with Gasteiger partial charge in [-0.1, -0.05) is 0 Å². The quantitative estimate of drug-likeness (QED) is 0.756. The molecule has 2 heterocycles. The van der Waals surface area contributed by atoms with Gasteiger partial charge in [0.05, 0.1) is 24.2 Å². The molecule has 0 saturated carbocycles. The monoisotopic (exact) mass is 391 g/mol. The summed E-state index contributed by atoms with van der Waals surface area (Å²) in [6.45, 7) is 5.96. The molecule has 6 nitrogen and oxygen atoms in total. The molecule has 1 aliphatic heterocycles. The molecule has 1 saturated heterocycles. The number of benzene rings is 1. The second kappa shape index (κ2) is 7.76. The number of aryl methyl sites for hydroxylation is 1. The second-order valence-electron chi connectivity index (χ2n) is 7.19. The summed E-state index contributed by atoms with van der Waals surface area (Å²) in [5.74, 6) is 1.99. The number of sulfone groups is 1. The van der Waals surface area contributed by atoms with Crippen LogP contribution < -0.4 is 4.74 Å². The molecule has 1 atom stereocenters. The summed E-state index contributed by atoms with van der Waals surface area (Å²) in [5.41, 5.74) is 0.499. The van der Waals surface area contributed by atoms with E-state index in [1.165, 1.54) is 0 Å². The van der Waals surface area contributed by atoms with Crippen LogP contribution in [-0.2, 0) is 16.4 Å². The third kappa shape index (κ3) is 4.91. The first kappa shape index (κ1) is 19.5. The highest BCUT2D eigenvalue weighted by molar-refractivity contribution is 7.91. The molecule has 0 spiro atoms. The zero-order valence-corrected chi connectivity index (χ0v) is 16.7. The Labute approximate surface area is 160 Å². The maximum Gasteiger partial charge on any atom is 0.254 e. The van der Waals surface area contributed by atoms with Crippen molar-refractivity contribution in [1.82, 2.24) is 4.90 Å². The van der Waals surface area contributed by atoms with Gasteiger partial charge in [-0.25, -0.2) is 8.42 Å². The van der Waals surface area contributed by atoms with Crippen LogP contribution in [0.3, 0.4) is 0 Å². The molecule has 2 aromatic rings. The van der Waals surface area contributed by atoms with E-state index >= 15 is 0 Å². The van der Waals surface area contributed by atoms with Crippen molar-refractivity contribution in [3.05, 3.63) is 53.5 Å². The van der Waals surface area contributed by atoms with Crippen LogP contribution in [0, 0.1) is 6.92 Å². The summed E-state index contributed by atoms with van der Waals surface area (Å²) in [4.78, 5) is 14.7. The minimum atomic E-state index is -3.11. The summed E-state index contributed by atoms with van der Waals surface area (Å²) < 4.78 is 35.1. The smallest absolute Gasteiger partial charge is 0.254 e. The third-order valence-corrected chi connectivity index (χ3v) is 6.26. The molecule has 1 aliphatic rings. The standard InChI is InChI=1S/C20H25NO5S/c1-14(2)25-18-8-5-16(6-9-18)20(22)21(12-19-7-4-15(3)26-19)17-10-11-27(23,24)13-17/h4-9,14,17H,10-13H2,1-3H3/t17-/m1/s1. The largest absolute Gasteiger partial charge is 0.491 e. The molecular formula is C20H25NO5S. The van der Waals surface area contributed by atoms with Crippen LogP contribution in [0.15, 0.2) is 40.8 Å². The summed E-state index contributed by atoms with van der Waals surface area (Å²) in [6, 6.07) is 10.2. The first-order chi connectivity index (χ1) is 12.7. The van der Waals surface area contributed by atoms with Crippen molar-refractivity contribution in [3.8, 4) is 5.75 Å². The van der Waals surface area contributed by atoms with Crippen LogP contribution in [0.2, 0.25) is 0 Å². The SMILES string of the molecule is Cc1ccc(CN(C(=O)c2ccc(OC(C)C)cc2)[C@@H]2CCS(=O)(=O)C2)o1. The highest BCUT2D eigenvalue weighted by atomic mass is 32.2. The van der Waals surface area contributed by atoms with Crippen molar-refractivity contribution < 1.29 is 22.4 Å². The van der Waals surface area contributed by atoms with Gasteiger partial charge in [-0.05, 0) is 63.6 Å². The molecule has 1 fully saturated rings. The Morgan fingerprint density at radius 1 is 1.22 bits per heavy atom. The van der Waals surface area contributed by atoms with Gasteiger partial charge in [0.2, 0.25) is 0 Å². The predicted molar refractivity (Wildman–Crippen MR) is 103 cm³/mol. The van der Waals surface area contributed by atoms with E-state index in [9.17, 15) is 13.2 Å². The van der Waals surface area contributed by atoms with E-state index in [0.29, 0.717) is 23.5 Å². The lowest BCUT2D eigenvalue weighted by Gasteiger charge is -2.27. The van der Waals surface area contributed by atoms with E-state index < -0.39 is 9.84 Å². The van der Waals surface area contributed by atoms with E-state index in [0.717, 1.165) is 5.76 Å². The number of ether oxygens (including phenoxy) is 1. The zero-order valence-electron chi connectivity index (χ0n) is 15.8. The maximum atomic E-state index is 13.1. The molecule has 27 heavy (non-hydrogen) atoms. The van der Waals surface area contributed by atoms with Gasteiger partial charge in [0.25, 0.3) is 5.91 Å². The Morgan fingerprint density at radius 2 is 1.93 bits per heavy atom. The van der Waals surface area contributed by atoms with Crippen LogP contribution in [0.5, 0.6) is 5.75 Å². The first-order valence-electron chi connectivity index (χ1n) is 9.07.